The topological polar surface area (TPSA) is 0 Å². The van der Waals surface area contributed by atoms with Crippen LogP contribution in [0.3, 0.4) is 0 Å². The van der Waals surface area contributed by atoms with Crippen molar-refractivity contribution in [2.45, 2.75) is 96.3 Å². The molecule has 0 N–H and O–H groups in total. The van der Waals surface area contributed by atoms with E-state index < -0.39 is 0 Å². The van der Waals surface area contributed by atoms with E-state index >= 15 is 0 Å². The van der Waals surface area contributed by atoms with Gasteiger partial charge in [0.05, 0.1) is 0 Å². The molecule has 0 radical (unpaired) electrons. The van der Waals surface area contributed by atoms with Crippen LogP contribution in [-0.4, -0.2) is 0 Å². The molecule has 3 unspecified atom stereocenters. The zero-order valence-electron chi connectivity index (χ0n) is 19.5. The van der Waals surface area contributed by atoms with E-state index in [2.05, 4.69) is 63.9 Å². The molecule has 2 aromatic rings. The van der Waals surface area contributed by atoms with Crippen LogP contribution in [0.5, 0.6) is 0 Å². The number of rotatable bonds is 3. The third-order valence-electron chi connectivity index (χ3n) is 9.10. The van der Waals surface area contributed by atoms with Gasteiger partial charge in [0.15, 0.2) is 0 Å². The molecular weight excluding hydrogens is 520 g/mol. The lowest BCUT2D eigenvalue weighted by Crippen LogP contribution is -2.10. The minimum atomic E-state index is 0.603. The van der Waals surface area contributed by atoms with E-state index in [9.17, 15) is 0 Å². The molecule has 3 atom stereocenters. The molecule has 0 bridgehead atoms. The van der Waals surface area contributed by atoms with Crippen LogP contribution in [0.15, 0.2) is 26.7 Å². The molecule has 0 nitrogen and oxygen atoms in total. The van der Waals surface area contributed by atoms with Gasteiger partial charge < -0.3 is 0 Å². The first-order valence-electron chi connectivity index (χ1n) is 12.9. The smallest absolute Gasteiger partial charge is 0.0213 e. The summed E-state index contributed by atoms with van der Waals surface area (Å²) in [5.41, 5.74) is 14.8. The minimum absolute atomic E-state index is 0.603. The molecule has 0 saturated carbocycles. The molecule has 0 amide bonds. The molecule has 2 heteroatoms. The van der Waals surface area contributed by atoms with Crippen LogP contribution in [0, 0.1) is 5.92 Å². The Kier molecular flexibility index (Phi) is 5.70. The summed E-state index contributed by atoms with van der Waals surface area (Å²) in [6.45, 7) is 4.89. The van der Waals surface area contributed by atoms with E-state index in [-0.39, 0.29) is 0 Å². The number of hydrogen-bond acceptors (Lipinski definition) is 0. The molecule has 168 valence electrons. The number of benzene rings is 2. The predicted molar refractivity (Wildman–Crippen MR) is 143 cm³/mol. The average Bonchev–Trinajstić information content (AvgIpc) is 3.28. The third kappa shape index (κ3) is 3.42. The highest BCUT2D eigenvalue weighted by atomic mass is 79.9. The third-order valence-corrected chi connectivity index (χ3v) is 10.5. The summed E-state index contributed by atoms with van der Waals surface area (Å²) in [5, 5.41) is 0. The quantitative estimate of drug-likeness (QED) is 0.355. The van der Waals surface area contributed by atoms with E-state index in [1.165, 1.54) is 79.6 Å². The first kappa shape index (κ1) is 21.7. The fourth-order valence-electron chi connectivity index (χ4n) is 7.47. The second-order valence-corrected chi connectivity index (χ2v) is 12.6. The lowest BCUT2D eigenvalue weighted by molar-refractivity contribution is 0.447. The summed E-state index contributed by atoms with van der Waals surface area (Å²) in [6.07, 6.45) is 16.9. The fourth-order valence-corrected chi connectivity index (χ4v) is 8.84. The zero-order valence-corrected chi connectivity index (χ0v) is 22.7. The van der Waals surface area contributed by atoms with Gasteiger partial charge in [-0.3, -0.25) is 0 Å². The van der Waals surface area contributed by atoms with Crippen molar-refractivity contribution in [1.29, 1.82) is 0 Å². The van der Waals surface area contributed by atoms with Crippen molar-refractivity contribution in [1.82, 2.24) is 0 Å². The van der Waals surface area contributed by atoms with Crippen molar-refractivity contribution >= 4 is 37.9 Å². The maximum absolute atomic E-state index is 3.96. The largest absolute Gasteiger partial charge is 0.0652 e. The van der Waals surface area contributed by atoms with Gasteiger partial charge in [-0.05, 0) is 146 Å². The Morgan fingerprint density at radius 1 is 0.750 bits per heavy atom. The monoisotopic (exact) mass is 552 g/mol. The zero-order chi connectivity index (χ0) is 22.0. The van der Waals surface area contributed by atoms with Crippen molar-refractivity contribution in [2.75, 3.05) is 0 Å². The molecule has 0 aromatic heterocycles. The second-order valence-electron chi connectivity index (χ2n) is 10.9. The second kappa shape index (κ2) is 8.42. The van der Waals surface area contributed by atoms with Gasteiger partial charge in [-0.15, -0.1) is 0 Å². The van der Waals surface area contributed by atoms with Crippen LogP contribution >= 0.6 is 31.9 Å². The summed E-state index contributed by atoms with van der Waals surface area (Å²) < 4.78 is 2.76. The molecule has 0 saturated heterocycles. The van der Waals surface area contributed by atoms with E-state index in [0.29, 0.717) is 11.8 Å². The number of halogens is 2. The molecule has 2 aromatic carbocycles. The molecule has 4 aliphatic rings. The summed E-state index contributed by atoms with van der Waals surface area (Å²) in [5.74, 6) is 2.09. The molecule has 0 aliphatic heterocycles. The van der Waals surface area contributed by atoms with Crippen LogP contribution in [-0.2, 0) is 32.1 Å². The molecule has 32 heavy (non-hydrogen) atoms. The van der Waals surface area contributed by atoms with Crippen LogP contribution in [0.2, 0.25) is 0 Å². The lowest BCUT2D eigenvalue weighted by Gasteiger charge is -2.25. The summed E-state index contributed by atoms with van der Waals surface area (Å²) in [4.78, 5) is 0. The highest BCUT2D eigenvalue weighted by Crippen LogP contribution is 2.50. The van der Waals surface area contributed by atoms with Crippen LogP contribution in [0.1, 0.15) is 109 Å². The lowest BCUT2D eigenvalue weighted by atomic mass is 9.81. The first-order chi connectivity index (χ1) is 15.5. The molecular formula is C30H34Br2. The van der Waals surface area contributed by atoms with Gasteiger partial charge in [-0.2, -0.15) is 0 Å². The Morgan fingerprint density at radius 2 is 1.34 bits per heavy atom. The van der Waals surface area contributed by atoms with Crippen LogP contribution < -0.4 is 0 Å². The van der Waals surface area contributed by atoms with Gasteiger partial charge in [0.25, 0.3) is 0 Å². The van der Waals surface area contributed by atoms with Crippen molar-refractivity contribution < 1.29 is 0 Å². The maximum Gasteiger partial charge on any atom is 0.0213 e. The maximum atomic E-state index is 3.96. The van der Waals surface area contributed by atoms with Crippen molar-refractivity contribution in [3.8, 4) is 0 Å². The Morgan fingerprint density at radius 3 is 2.06 bits per heavy atom. The standard InChI is InChI=1S/C30H34Br2/c1-17-13-25-21-7-3-5-9-23(21)29(31)15-27(25)19(17)11-12-20-18(2)14-26-22-8-4-6-10-24(22)30(32)16-28(20)26/h13,15-16,18-20H,3-12,14H2,1-2H3. The first-order valence-corrected chi connectivity index (χ1v) is 14.5. The highest BCUT2D eigenvalue weighted by Gasteiger charge is 2.35. The Bertz CT molecular complexity index is 1120. The van der Waals surface area contributed by atoms with Gasteiger partial charge >= 0.3 is 0 Å². The van der Waals surface area contributed by atoms with Gasteiger partial charge in [0, 0.05) is 14.9 Å². The van der Waals surface area contributed by atoms with E-state index in [1.807, 2.05) is 0 Å². The number of fused-ring (bicyclic) bond motifs is 6. The van der Waals surface area contributed by atoms with Gasteiger partial charge in [0.1, 0.15) is 0 Å². The molecule has 0 heterocycles. The minimum Gasteiger partial charge on any atom is -0.0652 e. The SMILES string of the molecule is CC1=Cc2c(cc(Br)c3c2CCCC3)C1CCC1c2cc(Br)c3c(c2CC1C)CCCC3. The molecule has 6 rings (SSSR count). The van der Waals surface area contributed by atoms with E-state index in [1.54, 1.807) is 50.1 Å². The Balaban J connectivity index is 1.29. The van der Waals surface area contributed by atoms with Gasteiger partial charge in [0.2, 0.25) is 0 Å². The van der Waals surface area contributed by atoms with Gasteiger partial charge in [-0.1, -0.05) is 50.4 Å². The number of hydrogen-bond donors (Lipinski definition) is 0. The predicted octanol–water partition coefficient (Wildman–Crippen LogP) is 9.23. The Hall–Kier alpha value is -0.860. The molecule has 4 aliphatic carbocycles. The average molecular weight is 554 g/mol. The summed E-state index contributed by atoms with van der Waals surface area (Å²) in [6, 6.07) is 5.00. The van der Waals surface area contributed by atoms with Crippen molar-refractivity contribution in [2.24, 2.45) is 5.92 Å². The number of allylic oxidation sites excluding steroid dienone is 1. The van der Waals surface area contributed by atoms with Gasteiger partial charge in [-0.25, -0.2) is 0 Å². The molecule has 0 spiro atoms. The summed E-state index contributed by atoms with van der Waals surface area (Å²) in [7, 11) is 0. The molecule has 0 fully saturated rings. The van der Waals surface area contributed by atoms with E-state index in [0.717, 1.165) is 5.92 Å². The van der Waals surface area contributed by atoms with Crippen molar-refractivity contribution in [3.63, 3.8) is 0 Å². The fraction of sp³-hybridized carbons (Fsp3) is 0.533. The van der Waals surface area contributed by atoms with E-state index in [4.69, 9.17) is 0 Å². The van der Waals surface area contributed by atoms with Crippen LogP contribution in [0.25, 0.3) is 6.08 Å². The normalized spacial score (nSPS) is 25.8. The Labute approximate surface area is 210 Å². The van der Waals surface area contributed by atoms with Crippen molar-refractivity contribution in [3.05, 3.63) is 71.2 Å². The highest BCUT2D eigenvalue weighted by molar-refractivity contribution is 9.10. The summed E-state index contributed by atoms with van der Waals surface area (Å²) >= 11 is 7.91. The van der Waals surface area contributed by atoms with Crippen LogP contribution in [0.4, 0.5) is 0 Å².